The van der Waals surface area contributed by atoms with Gasteiger partial charge in [-0.25, -0.2) is 0 Å². The predicted octanol–water partition coefficient (Wildman–Crippen LogP) is 6.60. The van der Waals surface area contributed by atoms with Crippen LogP contribution in [0.15, 0.2) is 59.7 Å². The van der Waals surface area contributed by atoms with Crippen molar-refractivity contribution in [3.05, 3.63) is 101 Å². The first-order valence-corrected chi connectivity index (χ1v) is 13.0. The molecule has 0 amide bonds. The van der Waals surface area contributed by atoms with Crippen molar-refractivity contribution in [3.8, 4) is 5.75 Å². The molecule has 0 bridgehead atoms. The van der Waals surface area contributed by atoms with E-state index in [1.807, 2.05) is 53.2 Å². The smallest absolute Gasteiger partial charge is 0.404 e. The Labute approximate surface area is 221 Å². The van der Waals surface area contributed by atoms with E-state index in [1.54, 1.807) is 6.07 Å². The highest BCUT2D eigenvalue weighted by atomic mass is 127. The summed E-state index contributed by atoms with van der Waals surface area (Å²) in [6, 6.07) is 16.1. The Morgan fingerprint density at radius 2 is 1.67 bits per heavy atom. The number of hydrogen-bond acceptors (Lipinski definition) is 2. The van der Waals surface area contributed by atoms with Gasteiger partial charge in [0.25, 0.3) is 0 Å². The van der Waals surface area contributed by atoms with E-state index in [0.29, 0.717) is 15.2 Å². The molecule has 2 aliphatic carbocycles. The van der Waals surface area contributed by atoms with Crippen molar-refractivity contribution in [3.63, 3.8) is 0 Å². The zero-order valence-corrected chi connectivity index (χ0v) is 22.0. The Bertz CT molecular complexity index is 1600. The molecular formula is C30H25F3INO. The van der Waals surface area contributed by atoms with Gasteiger partial charge in [-0.2, -0.15) is 0 Å². The summed E-state index contributed by atoms with van der Waals surface area (Å²) in [7, 11) is 0. The Hall–Kier alpha value is -2.87. The van der Waals surface area contributed by atoms with E-state index < -0.39 is 6.36 Å². The molecular weight excluding hydrogens is 574 g/mol. The fourth-order valence-corrected chi connectivity index (χ4v) is 5.76. The minimum absolute atomic E-state index is 0.0864. The molecule has 0 aromatic heterocycles. The van der Waals surface area contributed by atoms with Crippen LogP contribution in [0.1, 0.15) is 42.0 Å². The minimum Gasteiger partial charge on any atom is -0.404 e. The number of nitrogens with zero attached hydrogens (tertiary/aromatic N) is 1. The third-order valence-electron chi connectivity index (χ3n) is 6.85. The summed E-state index contributed by atoms with van der Waals surface area (Å²) < 4.78 is 43.2. The van der Waals surface area contributed by atoms with E-state index in [2.05, 4.69) is 53.1 Å². The molecule has 6 rings (SSSR count). The van der Waals surface area contributed by atoms with E-state index in [-0.39, 0.29) is 5.75 Å². The van der Waals surface area contributed by atoms with Crippen molar-refractivity contribution >= 4 is 46.5 Å². The lowest BCUT2D eigenvalue weighted by atomic mass is 9.86. The van der Waals surface area contributed by atoms with E-state index in [1.165, 1.54) is 33.0 Å². The quantitative estimate of drug-likeness (QED) is 0.289. The second-order valence-corrected chi connectivity index (χ2v) is 10.3. The van der Waals surface area contributed by atoms with Crippen LogP contribution in [0.2, 0.25) is 0 Å². The average molecular weight is 599 g/mol. The van der Waals surface area contributed by atoms with E-state index in [9.17, 15) is 13.2 Å². The number of ether oxygens (including phenoxy) is 1. The number of rotatable bonds is 1. The first-order chi connectivity index (χ1) is 17.3. The average Bonchev–Trinajstić information content (AvgIpc) is 3.11. The van der Waals surface area contributed by atoms with Gasteiger partial charge in [0, 0.05) is 24.1 Å². The second kappa shape index (κ2) is 10.2. The second-order valence-electron chi connectivity index (χ2n) is 9.10. The fourth-order valence-electron chi connectivity index (χ4n) is 5.18. The monoisotopic (exact) mass is 599 g/mol. The summed E-state index contributed by atoms with van der Waals surface area (Å²) >= 11 is 1.89. The topological polar surface area (TPSA) is 21.6 Å². The highest BCUT2D eigenvalue weighted by Crippen LogP contribution is 2.27. The third kappa shape index (κ3) is 5.14. The van der Waals surface area contributed by atoms with E-state index >= 15 is 0 Å². The SMILES string of the molecule is C1=Cc2ccccc2CC=N1.CC1=c2ccc3c(c2CCC1)CC=c1c(OC(F)(F)F)c(I)ccc1=3. The van der Waals surface area contributed by atoms with Gasteiger partial charge in [0.05, 0.1) is 3.57 Å². The number of benzene rings is 3. The molecule has 184 valence electrons. The molecule has 1 heterocycles. The molecule has 0 unspecified atom stereocenters. The van der Waals surface area contributed by atoms with E-state index in [4.69, 9.17) is 0 Å². The molecule has 6 heteroatoms. The molecule has 0 spiro atoms. The van der Waals surface area contributed by atoms with Gasteiger partial charge in [-0.3, -0.25) is 4.99 Å². The van der Waals surface area contributed by atoms with Crippen molar-refractivity contribution in [2.24, 2.45) is 4.99 Å². The van der Waals surface area contributed by atoms with Crippen LogP contribution in [-0.4, -0.2) is 12.6 Å². The van der Waals surface area contributed by atoms with Crippen molar-refractivity contribution < 1.29 is 17.9 Å². The third-order valence-corrected chi connectivity index (χ3v) is 7.70. The normalized spacial score (nSPS) is 15.3. The molecule has 0 saturated heterocycles. The van der Waals surface area contributed by atoms with Crippen molar-refractivity contribution in [1.82, 2.24) is 0 Å². The predicted molar refractivity (Wildman–Crippen MR) is 147 cm³/mol. The van der Waals surface area contributed by atoms with Gasteiger partial charge in [0.1, 0.15) is 5.75 Å². The van der Waals surface area contributed by atoms with Crippen LogP contribution in [0, 0.1) is 14.0 Å². The summed E-state index contributed by atoms with van der Waals surface area (Å²) in [5.41, 5.74) is 6.65. The summed E-state index contributed by atoms with van der Waals surface area (Å²) in [5.74, 6) is -0.0864. The summed E-state index contributed by atoms with van der Waals surface area (Å²) in [6.07, 6.45) is 7.89. The number of aliphatic imine (C=N–C) groups is 1. The number of halogens is 4. The van der Waals surface area contributed by atoms with Crippen LogP contribution in [0.5, 0.6) is 5.75 Å². The Morgan fingerprint density at radius 3 is 2.50 bits per heavy atom. The first kappa shape index (κ1) is 24.8. The van der Waals surface area contributed by atoms with Crippen LogP contribution in [0.4, 0.5) is 13.2 Å². The van der Waals surface area contributed by atoms with Crippen LogP contribution in [0.25, 0.3) is 17.7 Å². The lowest BCUT2D eigenvalue weighted by Gasteiger charge is -2.20. The highest BCUT2D eigenvalue weighted by Gasteiger charge is 2.32. The first-order valence-electron chi connectivity index (χ1n) is 12.0. The van der Waals surface area contributed by atoms with Crippen molar-refractivity contribution in [2.45, 2.75) is 45.4 Å². The molecule has 0 fully saturated rings. The summed E-state index contributed by atoms with van der Waals surface area (Å²) in [4.78, 5) is 4.08. The fraction of sp³-hybridized carbons (Fsp3) is 0.233. The Balaban J connectivity index is 0.000000202. The Kier molecular flexibility index (Phi) is 7.06. The van der Waals surface area contributed by atoms with Gasteiger partial charge in [0.2, 0.25) is 0 Å². The van der Waals surface area contributed by atoms with Crippen molar-refractivity contribution in [1.29, 1.82) is 0 Å². The van der Waals surface area contributed by atoms with Gasteiger partial charge in [0.15, 0.2) is 0 Å². The molecule has 0 N–H and O–H groups in total. The number of alkyl halides is 3. The molecule has 3 aliphatic rings. The van der Waals surface area contributed by atoms with Crippen LogP contribution < -0.4 is 15.2 Å². The maximum Gasteiger partial charge on any atom is 0.573 e. The highest BCUT2D eigenvalue weighted by molar-refractivity contribution is 14.1. The molecule has 1 aliphatic heterocycles. The van der Waals surface area contributed by atoms with Gasteiger partial charge >= 0.3 is 6.36 Å². The summed E-state index contributed by atoms with van der Waals surface area (Å²) in [6.45, 7) is 2.17. The van der Waals surface area contributed by atoms with Gasteiger partial charge in [-0.05, 0) is 105 Å². The molecule has 0 radical (unpaired) electrons. The lowest BCUT2D eigenvalue weighted by molar-refractivity contribution is -0.275. The molecule has 36 heavy (non-hydrogen) atoms. The zero-order chi connectivity index (χ0) is 25.3. The number of fused-ring (bicyclic) bond motifs is 5. The van der Waals surface area contributed by atoms with Gasteiger partial charge < -0.3 is 4.74 Å². The van der Waals surface area contributed by atoms with Gasteiger partial charge in [-0.15, -0.1) is 13.2 Å². The van der Waals surface area contributed by atoms with Crippen LogP contribution in [0.3, 0.4) is 0 Å². The summed E-state index contributed by atoms with van der Waals surface area (Å²) in [5, 5.41) is 3.73. The van der Waals surface area contributed by atoms with Crippen molar-refractivity contribution in [2.75, 3.05) is 0 Å². The molecule has 3 aromatic carbocycles. The molecule has 2 nitrogen and oxygen atoms in total. The maximum atomic E-state index is 12.8. The van der Waals surface area contributed by atoms with Crippen LogP contribution >= 0.6 is 22.6 Å². The maximum absolute atomic E-state index is 12.8. The number of hydrogen-bond donors (Lipinski definition) is 0. The zero-order valence-electron chi connectivity index (χ0n) is 19.8. The minimum atomic E-state index is -4.69. The molecule has 3 aromatic rings. The van der Waals surface area contributed by atoms with Crippen LogP contribution in [-0.2, 0) is 19.3 Å². The lowest BCUT2D eigenvalue weighted by Crippen LogP contribution is -2.26. The Morgan fingerprint density at radius 1 is 0.889 bits per heavy atom. The largest absolute Gasteiger partial charge is 0.573 e. The van der Waals surface area contributed by atoms with E-state index in [0.717, 1.165) is 36.1 Å². The molecule has 0 saturated carbocycles. The van der Waals surface area contributed by atoms with Gasteiger partial charge in [-0.1, -0.05) is 54.1 Å². The standard InChI is InChI=1S/C20H16F3IO.C10H9N/c1-11-3-2-4-13-12(11)5-6-15-14(13)7-8-17-16(15)9-10-18(24)19(17)25-20(21,22)23;1-2-4-10-6-8-11-7-5-9(10)3-1/h5-6,8-10H,2-4,7H2,1H3;1-5,7-8H,6H2. The molecule has 0 atom stereocenters.